The van der Waals surface area contributed by atoms with Crippen molar-refractivity contribution in [2.24, 2.45) is 0 Å². The molecular formula is C17H15F2N5O. The van der Waals surface area contributed by atoms with E-state index in [-0.39, 0.29) is 28.8 Å². The van der Waals surface area contributed by atoms with Crippen molar-refractivity contribution in [2.45, 2.75) is 13.2 Å². The molecule has 0 aliphatic carbocycles. The van der Waals surface area contributed by atoms with E-state index in [4.69, 9.17) is 5.73 Å². The number of halogens is 2. The molecule has 0 fully saturated rings. The van der Waals surface area contributed by atoms with Gasteiger partial charge in [-0.2, -0.15) is 15.0 Å². The van der Waals surface area contributed by atoms with Crippen molar-refractivity contribution in [1.82, 2.24) is 15.0 Å². The van der Waals surface area contributed by atoms with Crippen molar-refractivity contribution >= 4 is 11.9 Å². The van der Waals surface area contributed by atoms with E-state index in [1.165, 1.54) is 6.07 Å². The molecule has 0 saturated carbocycles. The molecule has 0 atom stereocenters. The number of aliphatic hydroxyl groups excluding tert-OH is 1. The molecule has 0 amide bonds. The van der Waals surface area contributed by atoms with Crippen molar-refractivity contribution in [3.8, 4) is 11.4 Å². The number of rotatable bonds is 5. The fourth-order valence-electron chi connectivity index (χ4n) is 2.33. The second-order valence-electron chi connectivity index (χ2n) is 5.23. The Morgan fingerprint density at radius 1 is 1.00 bits per heavy atom. The maximum atomic E-state index is 13.9. The van der Waals surface area contributed by atoms with Gasteiger partial charge < -0.3 is 16.2 Å². The Labute approximate surface area is 142 Å². The predicted octanol–water partition coefficient (Wildman–Crippen LogP) is 2.50. The average Bonchev–Trinajstić information content (AvgIpc) is 2.62. The Bertz CT molecular complexity index is 890. The van der Waals surface area contributed by atoms with Crippen LogP contribution < -0.4 is 11.1 Å². The number of hydrogen-bond donors (Lipinski definition) is 3. The molecule has 4 N–H and O–H groups in total. The minimum atomic E-state index is -1.14. The van der Waals surface area contributed by atoms with Crippen LogP contribution >= 0.6 is 0 Å². The highest BCUT2D eigenvalue weighted by Crippen LogP contribution is 2.26. The van der Waals surface area contributed by atoms with Crippen LogP contribution in [0.4, 0.5) is 20.7 Å². The van der Waals surface area contributed by atoms with Gasteiger partial charge in [0, 0.05) is 17.7 Å². The van der Waals surface area contributed by atoms with Gasteiger partial charge in [0.15, 0.2) is 17.5 Å². The predicted molar refractivity (Wildman–Crippen MR) is 89.3 cm³/mol. The molecule has 1 heterocycles. The van der Waals surface area contributed by atoms with E-state index < -0.39 is 18.2 Å². The molecule has 0 spiro atoms. The van der Waals surface area contributed by atoms with Crippen LogP contribution in [0.25, 0.3) is 11.4 Å². The number of hydrogen-bond acceptors (Lipinski definition) is 6. The minimum absolute atomic E-state index is 0.0472. The van der Waals surface area contributed by atoms with Gasteiger partial charge >= 0.3 is 0 Å². The molecule has 2 aromatic carbocycles. The van der Waals surface area contributed by atoms with E-state index in [2.05, 4.69) is 20.3 Å². The second kappa shape index (κ2) is 7.18. The molecule has 3 aromatic rings. The standard InChI is InChI=1S/C17H15F2N5O/c18-13-7-6-11(12(9-25)14(13)19)15-22-16(20)24-17(23-15)21-8-10-4-2-1-3-5-10/h1-7,25H,8-9H2,(H3,20,21,22,23,24). The first kappa shape index (κ1) is 16.7. The summed E-state index contributed by atoms with van der Waals surface area (Å²) in [7, 11) is 0. The Morgan fingerprint density at radius 3 is 2.48 bits per heavy atom. The molecule has 25 heavy (non-hydrogen) atoms. The molecule has 128 valence electrons. The third kappa shape index (κ3) is 3.69. The lowest BCUT2D eigenvalue weighted by Gasteiger charge is -2.10. The number of nitrogen functional groups attached to an aromatic ring is 1. The van der Waals surface area contributed by atoms with E-state index in [9.17, 15) is 13.9 Å². The molecule has 0 saturated heterocycles. The lowest BCUT2D eigenvalue weighted by atomic mass is 10.1. The molecule has 3 rings (SSSR count). The van der Waals surface area contributed by atoms with Gasteiger partial charge in [0.05, 0.1) is 6.61 Å². The number of nitrogens with one attached hydrogen (secondary N) is 1. The zero-order valence-corrected chi connectivity index (χ0v) is 13.1. The van der Waals surface area contributed by atoms with E-state index in [1.54, 1.807) is 0 Å². The Kier molecular flexibility index (Phi) is 4.80. The Morgan fingerprint density at radius 2 is 1.76 bits per heavy atom. The molecule has 6 nitrogen and oxygen atoms in total. The van der Waals surface area contributed by atoms with Gasteiger partial charge in [0.1, 0.15) is 0 Å². The quantitative estimate of drug-likeness (QED) is 0.659. The zero-order valence-electron chi connectivity index (χ0n) is 13.1. The monoisotopic (exact) mass is 343 g/mol. The molecule has 0 bridgehead atoms. The van der Waals surface area contributed by atoms with Crippen molar-refractivity contribution in [2.75, 3.05) is 11.1 Å². The van der Waals surface area contributed by atoms with Crippen LogP contribution in [0.2, 0.25) is 0 Å². The number of aliphatic hydroxyl groups is 1. The van der Waals surface area contributed by atoms with Crippen LogP contribution in [0.15, 0.2) is 42.5 Å². The molecule has 0 unspecified atom stereocenters. The topological polar surface area (TPSA) is 97.0 Å². The highest BCUT2D eigenvalue weighted by molar-refractivity contribution is 5.62. The summed E-state index contributed by atoms with van der Waals surface area (Å²) in [6.07, 6.45) is 0. The fraction of sp³-hybridized carbons (Fsp3) is 0.118. The molecular weight excluding hydrogens is 328 g/mol. The zero-order chi connectivity index (χ0) is 17.8. The first-order chi connectivity index (χ1) is 12.1. The van der Waals surface area contributed by atoms with Gasteiger partial charge in [-0.1, -0.05) is 30.3 Å². The van der Waals surface area contributed by atoms with Crippen LogP contribution in [-0.4, -0.2) is 20.1 Å². The Hall–Kier alpha value is -3.13. The third-order valence-corrected chi connectivity index (χ3v) is 3.54. The van der Waals surface area contributed by atoms with E-state index in [0.29, 0.717) is 6.54 Å². The summed E-state index contributed by atoms with van der Waals surface area (Å²) in [6, 6.07) is 11.8. The maximum absolute atomic E-state index is 13.9. The van der Waals surface area contributed by atoms with Crippen LogP contribution in [0.3, 0.4) is 0 Å². The first-order valence-electron chi connectivity index (χ1n) is 7.46. The number of nitrogens with two attached hydrogens (primary N) is 1. The van der Waals surface area contributed by atoms with Gasteiger partial charge in [-0.3, -0.25) is 0 Å². The molecule has 0 aliphatic rings. The summed E-state index contributed by atoms with van der Waals surface area (Å²) < 4.78 is 27.2. The van der Waals surface area contributed by atoms with Crippen LogP contribution in [-0.2, 0) is 13.2 Å². The van der Waals surface area contributed by atoms with Gasteiger partial charge in [0.2, 0.25) is 11.9 Å². The average molecular weight is 343 g/mol. The van der Waals surface area contributed by atoms with Crippen molar-refractivity contribution < 1.29 is 13.9 Å². The number of benzene rings is 2. The number of nitrogens with zero attached hydrogens (tertiary/aromatic N) is 3. The highest BCUT2D eigenvalue weighted by Gasteiger charge is 2.17. The molecule has 0 radical (unpaired) electrons. The molecule has 8 heteroatoms. The lowest BCUT2D eigenvalue weighted by molar-refractivity contribution is 0.274. The fourth-order valence-corrected chi connectivity index (χ4v) is 2.33. The van der Waals surface area contributed by atoms with Crippen LogP contribution in [0.5, 0.6) is 0 Å². The normalized spacial score (nSPS) is 10.7. The van der Waals surface area contributed by atoms with E-state index >= 15 is 0 Å². The van der Waals surface area contributed by atoms with Gasteiger partial charge in [-0.15, -0.1) is 0 Å². The smallest absolute Gasteiger partial charge is 0.228 e. The maximum Gasteiger partial charge on any atom is 0.228 e. The van der Waals surface area contributed by atoms with E-state index in [1.807, 2.05) is 30.3 Å². The van der Waals surface area contributed by atoms with E-state index in [0.717, 1.165) is 11.6 Å². The largest absolute Gasteiger partial charge is 0.392 e. The minimum Gasteiger partial charge on any atom is -0.392 e. The van der Waals surface area contributed by atoms with Gasteiger partial charge in [-0.05, 0) is 17.7 Å². The number of aromatic nitrogens is 3. The summed E-state index contributed by atoms with van der Waals surface area (Å²) in [6.45, 7) is -0.244. The Balaban J connectivity index is 1.93. The van der Waals surface area contributed by atoms with Crippen LogP contribution in [0, 0.1) is 11.6 Å². The van der Waals surface area contributed by atoms with Crippen LogP contribution in [0.1, 0.15) is 11.1 Å². The highest BCUT2D eigenvalue weighted by atomic mass is 19.2. The summed E-state index contributed by atoms with van der Waals surface area (Å²) in [5, 5.41) is 12.4. The summed E-state index contributed by atoms with van der Waals surface area (Å²) in [5.74, 6) is -2.03. The van der Waals surface area contributed by atoms with Crippen molar-refractivity contribution in [1.29, 1.82) is 0 Å². The SMILES string of the molecule is Nc1nc(NCc2ccccc2)nc(-c2ccc(F)c(F)c2CO)n1. The van der Waals surface area contributed by atoms with Crippen molar-refractivity contribution in [3.63, 3.8) is 0 Å². The van der Waals surface area contributed by atoms with Crippen molar-refractivity contribution in [3.05, 3.63) is 65.2 Å². The van der Waals surface area contributed by atoms with Gasteiger partial charge in [0.25, 0.3) is 0 Å². The van der Waals surface area contributed by atoms with Gasteiger partial charge in [-0.25, -0.2) is 8.78 Å². The molecule has 0 aliphatic heterocycles. The lowest BCUT2D eigenvalue weighted by Crippen LogP contribution is -2.09. The summed E-state index contributed by atoms with van der Waals surface area (Å²) in [4.78, 5) is 12.1. The second-order valence-corrected chi connectivity index (χ2v) is 5.23. The summed E-state index contributed by atoms with van der Waals surface area (Å²) in [5.41, 5.74) is 6.61. The first-order valence-corrected chi connectivity index (χ1v) is 7.46. The third-order valence-electron chi connectivity index (χ3n) is 3.54. The number of anilines is 2. The molecule has 1 aromatic heterocycles. The summed E-state index contributed by atoms with van der Waals surface area (Å²) >= 11 is 0.